The zero-order chi connectivity index (χ0) is 13.8. The van der Waals surface area contributed by atoms with Crippen molar-refractivity contribution in [2.45, 2.75) is 45.4 Å². The first-order valence-electron chi connectivity index (χ1n) is 6.88. The number of carbonyl (C=O) groups is 1. The van der Waals surface area contributed by atoms with E-state index in [2.05, 4.69) is 5.32 Å². The molecule has 2 rings (SSSR count). The van der Waals surface area contributed by atoms with Gasteiger partial charge in [-0.3, -0.25) is 4.79 Å². The lowest BCUT2D eigenvalue weighted by molar-refractivity contribution is -0.136. The molecule has 104 valence electrons. The van der Waals surface area contributed by atoms with Gasteiger partial charge in [0.2, 0.25) is 5.91 Å². The van der Waals surface area contributed by atoms with Gasteiger partial charge in [-0.05, 0) is 44.4 Å². The molecule has 0 aliphatic carbocycles. The number of likely N-dealkylation sites (tertiary alicyclic amines) is 1. The Hall–Kier alpha value is -1.55. The van der Waals surface area contributed by atoms with Gasteiger partial charge in [0.1, 0.15) is 6.04 Å². The molecule has 0 aromatic heterocycles. The highest BCUT2D eigenvalue weighted by atomic mass is 16.3. The van der Waals surface area contributed by atoms with Crippen molar-refractivity contribution in [3.63, 3.8) is 0 Å². The van der Waals surface area contributed by atoms with E-state index >= 15 is 0 Å². The first-order valence-corrected chi connectivity index (χ1v) is 6.88. The summed E-state index contributed by atoms with van der Waals surface area (Å²) in [5.74, 6) is 0.177. The van der Waals surface area contributed by atoms with Crippen LogP contribution in [0.2, 0.25) is 0 Å². The number of nitrogens with zero attached hydrogens (tertiary/aromatic N) is 1. The van der Waals surface area contributed by atoms with Crippen LogP contribution in [-0.4, -0.2) is 34.5 Å². The molecule has 1 atom stereocenters. The molecule has 1 saturated heterocycles. The van der Waals surface area contributed by atoms with E-state index in [0.29, 0.717) is 0 Å². The van der Waals surface area contributed by atoms with Crippen LogP contribution in [0.25, 0.3) is 0 Å². The molecule has 1 heterocycles. The summed E-state index contributed by atoms with van der Waals surface area (Å²) >= 11 is 0. The van der Waals surface area contributed by atoms with E-state index in [-0.39, 0.29) is 24.6 Å². The first kappa shape index (κ1) is 13.9. The highest BCUT2D eigenvalue weighted by Gasteiger charge is 2.29. The third kappa shape index (κ3) is 3.26. The van der Waals surface area contributed by atoms with Gasteiger partial charge in [0.05, 0.1) is 6.61 Å². The third-order valence-corrected chi connectivity index (χ3v) is 3.55. The van der Waals surface area contributed by atoms with E-state index in [1.54, 1.807) is 0 Å². The second-order valence-electron chi connectivity index (χ2n) is 5.32. The number of benzene rings is 1. The molecule has 1 amide bonds. The van der Waals surface area contributed by atoms with Crippen molar-refractivity contribution in [3.8, 4) is 0 Å². The van der Waals surface area contributed by atoms with Gasteiger partial charge in [0.15, 0.2) is 0 Å². The van der Waals surface area contributed by atoms with E-state index in [0.717, 1.165) is 30.6 Å². The molecule has 0 radical (unpaired) electrons. The number of carbonyl (C=O) groups excluding carboxylic acids is 1. The largest absolute Gasteiger partial charge is 0.392 e. The Kier molecular flexibility index (Phi) is 4.43. The van der Waals surface area contributed by atoms with Crippen LogP contribution in [0.1, 0.15) is 32.3 Å². The van der Waals surface area contributed by atoms with Gasteiger partial charge in [0, 0.05) is 18.3 Å². The Morgan fingerprint density at radius 2 is 2.26 bits per heavy atom. The normalized spacial score (nSPS) is 19.9. The summed E-state index contributed by atoms with van der Waals surface area (Å²) in [6, 6.07) is 7.68. The van der Waals surface area contributed by atoms with Gasteiger partial charge in [-0.15, -0.1) is 0 Å². The molecule has 19 heavy (non-hydrogen) atoms. The Bertz CT molecular complexity index is 446. The van der Waals surface area contributed by atoms with Crippen molar-refractivity contribution < 1.29 is 9.90 Å². The van der Waals surface area contributed by atoms with E-state index in [1.807, 2.05) is 43.0 Å². The molecule has 1 aromatic carbocycles. The number of nitrogens with one attached hydrogen (secondary N) is 1. The lowest BCUT2D eigenvalue weighted by Crippen LogP contribution is -2.50. The van der Waals surface area contributed by atoms with Gasteiger partial charge < -0.3 is 15.3 Å². The fraction of sp³-hybridized carbons (Fsp3) is 0.533. The Balaban J connectivity index is 2.07. The molecular weight excluding hydrogens is 240 g/mol. The number of amides is 1. The van der Waals surface area contributed by atoms with Crippen molar-refractivity contribution in [1.82, 2.24) is 4.90 Å². The second-order valence-corrected chi connectivity index (χ2v) is 5.32. The van der Waals surface area contributed by atoms with Crippen molar-refractivity contribution in [2.24, 2.45) is 0 Å². The molecule has 4 heteroatoms. The molecular formula is C15H22N2O2. The van der Waals surface area contributed by atoms with Crippen LogP contribution in [0.3, 0.4) is 0 Å². The topological polar surface area (TPSA) is 52.6 Å². The summed E-state index contributed by atoms with van der Waals surface area (Å²) in [5.41, 5.74) is 1.75. The lowest BCUT2D eigenvalue weighted by atomic mass is 10.0. The zero-order valence-electron chi connectivity index (χ0n) is 11.6. The van der Waals surface area contributed by atoms with Crippen LogP contribution in [0, 0.1) is 0 Å². The van der Waals surface area contributed by atoms with Gasteiger partial charge in [-0.1, -0.05) is 12.1 Å². The minimum absolute atomic E-state index is 0.0201. The van der Waals surface area contributed by atoms with Crippen LogP contribution in [0.15, 0.2) is 24.3 Å². The van der Waals surface area contributed by atoms with Crippen LogP contribution in [-0.2, 0) is 11.4 Å². The summed E-state index contributed by atoms with van der Waals surface area (Å²) in [7, 11) is 0. The maximum Gasteiger partial charge on any atom is 0.245 e. The van der Waals surface area contributed by atoms with E-state index in [1.165, 1.54) is 0 Å². The third-order valence-electron chi connectivity index (χ3n) is 3.55. The molecule has 0 spiro atoms. The average molecular weight is 262 g/mol. The molecule has 0 saturated carbocycles. The van der Waals surface area contributed by atoms with Crippen LogP contribution in [0.4, 0.5) is 5.69 Å². The SMILES string of the molecule is CC(C)N1CCC[C@H](Nc2cccc(CO)c2)C1=O. The van der Waals surface area contributed by atoms with Crippen molar-refractivity contribution >= 4 is 11.6 Å². The molecule has 2 N–H and O–H groups in total. The molecule has 1 aliphatic rings. The molecule has 0 bridgehead atoms. The fourth-order valence-corrected chi connectivity index (χ4v) is 2.51. The van der Waals surface area contributed by atoms with Crippen LogP contribution < -0.4 is 5.32 Å². The molecule has 1 aromatic rings. The predicted molar refractivity (Wildman–Crippen MR) is 75.9 cm³/mol. The zero-order valence-corrected chi connectivity index (χ0v) is 11.6. The monoisotopic (exact) mass is 262 g/mol. The maximum atomic E-state index is 12.3. The lowest BCUT2D eigenvalue weighted by Gasteiger charge is -2.35. The summed E-state index contributed by atoms with van der Waals surface area (Å²) in [6.45, 7) is 4.97. The van der Waals surface area contributed by atoms with Gasteiger partial charge in [-0.2, -0.15) is 0 Å². The highest BCUT2D eigenvalue weighted by molar-refractivity contribution is 5.85. The second kappa shape index (κ2) is 6.06. The van der Waals surface area contributed by atoms with Gasteiger partial charge in [0.25, 0.3) is 0 Å². The summed E-state index contributed by atoms with van der Waals surface area (Å²) in [6.07, 6.45) is 1.90. The van der Waals surface area contributed by atoms with Gasteiger partial charge >= 0.3 is 0 Å². The van der Waals surface area contributed by atoms with Crippen molar-refractivity contribution in [1.29, 1.82) is 0 Å². The maximum absolute atomic E-state index is 12.3. The Morgan fingerprint density at radius 1 is 1.47 bits per heavy atom. The number of hydrogen-bond donors (Lipinski definition) is 2. The number of piperidine rings is 1. The minimum Gasteiger partial charge on any atom is -0.392 e. The minimum atomic E-state index is -0.148. The number of aliphatic hydroxyl groups excluding tert-OH is 1. The number of anilines is 1. The quantitative estimate of drug-likeness (QED) is 0.872. The standard InChI is InChI=1S/C15H22N2O2/c1-11(2)17-8-4-7-14(15(17)19)16-13-6-3-5-12(9-13)10-18/h3,5-6,9,11,14,16,18H,4,7-8,10H2,1-2H3/t14-/m0/s1. The number of rotatable bonds is 4. The first-order chi connectivity index (χ1) is 9.11. The van der Waals surface area contributed by atoms with E-state index in [9.17, 15) is 4.79 Å². The molecule has 4 nitrogen and oxygen atoms in total. The van der Waals surface area contributed by atoms with Crippen molar-refractivity contribution in [3.05, 3.63) is 29.8 Å². The summed E-state index contributed by atoms with van der Waals surface area (Å²) in [4.78, 5) is 14.3. The average Bonchev–Trinajstić information content (AvgIpc) is 2.41. The Morgan fingerprint density at radius 3 is 2.95 bits per heavy atom. The fourth-order valence-electron chi connectivity index (χ4n) is 2.51. The van der Waals surface area contributed by atoms with E-state index < -0.39 is 0 Å². The van der Waals surface area contributed by atoms with Crippen LogP contribution >= 0.6 is 0 Å². The highest BCUT2D eigenvalue weighted by Crippen LogP contribution is 2.19. The molecule has 0 unspecified atom stereocenters. The van der Waals surface area contributed by atoms with Crippen LogP contribution in [0.5, 0.6) is 0 Å². The number of hydrogen-bond acceptors (Lipinski definition) is 3. The predicted octanol–water partition coefficient (Wildman–Crippen LogP) is 1.99. The van der Waals surface area contributed by atoms with E-state index in [4.69, 9.17) is 5.11 Å². The van der Waals surface area contributed by atoms with Gasteiger partial charge in [-0.25, -0.2) is 0 Å². The smallest absolute Gasteiger partial charge is 0.245 e. The van der Waals surface area contributed by atoms with Crippen molar-refractivity contribution in [2.75, 3.05) is 11.9 Å². The molecule has 1 fully saturated rings. The number of aliphatic hydroxyl groups is 1. The molecule has 1 aliphatic heterocycles. The summed E-state index contributed by atoms with van der Waals surface area (Å²) < 4.78 is 0. The summed E-state index contributed by atoms with van der Waals surface area (Å²) in [5, 5.41) is 12.4. The Labute approximate surface area is 114 Å².